The summed E-state index contributed by atoms with van der Waals surface area (Å²) in [7, 11) is 1.77. The van der Waals surface area contributed by atoms with Gasteiger partial charge >= 0.3 is 5.97 Å². The molecule has 1 aromatic heterocycles. The van der Waals surface area contributed by atoms with E-state index in [0.717, 1.165) is 5.69 Å². The summed E-state index contributed by atoms with van der Waals surface area (Å²) in [5.74, 6) is -0.915. The molecule has 0 aromatic carbocycles. The predicted molar refractivity (Wildman–Crippen MR) is 81.9 cm³/mol. The van der Waals surface area contributed by atoms with Crippen molar-refractivity contribution in [3.8, 4) is 0 Å². The second-order valence-electron chi connectivity index (χ2n) is 6.53. The number of morpholine rings is 1. The van der Waals surface area contributed by atoms with E-state index >= 15 is 0 Å². The van der Waals surface area contributed by atoms with Crippen LogP contribution in [0.5, 0.6) is 0 Å². The van der Waals surface area contributed by atoms with Crippen molar-refractivity contribution in [1.82, 2.24) is 9.78 Å². The van der Waals surface area contributed by atoms with Gasteiger partial charge in [0.1, 0.15) is 5.60 Å². The van der Waals surface area contributed by atoms with Crippen molar-refractivity contribution < 1.29 is 24.2 Å². The molecule has 0 bridgehead atoms. The SMILES string of the molecule is Cc1cc(N2CCO[C@H]([C@@H](O)C(=O)OC(C)(C)C)C2=O)nn1C. The molecule has 2 atom stereocenters. The first-order valence-electron chi connectivity index (χ1n) is 7.44. The van der Waals surface area contributed by atoms with Gasteiger partial charge in [0, 0.05) is 18.8 Å². The van der Waals surface area contributed by atoms with Crippen molar-refractivity contribution in [2.75, 3.05) is 18.1 Å². The molecule has 1 amide bonds. The highest BCUT2D eigenvalue weighted by molar-refractivity contribution is 5.99. The molecule has 0 radical (unpaired) electrons. The average molecular weight is 325 g/mol. The van der Waals surface area contributed by atoms with Crippen LogP contribution in [0.25, 0.3) is 0 Å². The summed E-state index contributed by atoms with van der Waals surface area (Å²) >= 11 is 0. The molecule has 2 heterocycles. The molecule has 23 heavy (non-hydrogen) atoms. The molecule has 0 saturated carbocycles. The van der Waals surface area contributed by atoms with E-state index in [1.165, 1.54) is 4.90 Å². The third kappa shape index (κ3) is 3.89. The number of aryl methyl sites for hydroxylation is 2. The quantitative estimate of drug-likeness (QED) is 0.796. The maximum atomic E-state index is 12.5. The van der Waals surface area contributed by atoms with Crippen molar-refractivity contribution in [2.45, 2.75) is 45.5 Å². The van der Waals surface area contributed by atoms with Gasteiger partial charge in [-0.2, -0.15) is 5.10 Å². The molecule has 8 heteroatoms. The molecule has 128 valence electrons. The van der Waals surface area contributed by atoms with Gasteiger partial charge in [-0.05, 0) is 27.7 Å². The second kappa shape index (κ2) is 6.29. The molecule has 0 unspecified atom stereocenters. The number of esters is 1. The van der Waals surface area contributed by atoms with Gasteiger partial charge in [-0.3, -0.25) is 14.4 Å². The second-order valence-corrected chi connectivity index (χ2v) is 6.53. The van der Waals surface area contributed by atoms with Gasteiger partial charge in [-0.25, -0.2) is 4.79 Å². The first-order valence-corrected chi connectivity index (χ1v) is 7.44. The third-order valence-corrected chi connectivity index (χ3v) is 3.43. The van der Waals surface area contributed by atoms with Crippen LogP contribution in [0.4, 0.5) is 5.82 Å². The lowest BCUT2D eigenvalue weighted by Crippen LogP contribution is -2.55. The van der Waals surface area contributed by atoms with Gasteiger partial charge in [0.05, 0.1) is 13.2 Å². The van der Waals surface area contributed by atoms with Gasteiger partial charge in [-0.15, -0.1) is 0 Å². The molecule has 2 rings (SSSR count). The summed E-state index contributed by atoms with van der Waals surface area (Å²) in [6, 6.07) is 1.76. The van der Waals surface area contributed by atoms with Crippen LogP contribution in [0.3, 0.4) is 0 Å². The van der Waals surface area contributed by atoms with E-state index in [-0.39, 0.29) is 6.61 Å². The Kier molecular flexibility index (Phi) is 4.76. The molecule has 1 aliphatic rings. The van der Waals surface area contributed by atoms with Crippen molar-refractivity contribution in [2.24, 2.45) is 7.05 Å². The number of anilines is 1. The Hall–Kier alpha value is -1.93. The standard InChI is InChI=1S/C15H23N3O5/c1-9-8-10(16-17(9)5)18-6-7-22-12(13(18)20)11(19)14(21)23-15(2,3)4/h8,11-12,19H,6-7H2,1-5H3/t11-,12-/m1/s1. The Bertz CT molecular complexity index is 585. The van der Waals surface area contributed by atoms with Crippen LogP contribution < -0.4 is 4.90 Å². The van der Waals surface area contributed by atoms with Gasteiger partial charge in [-0.1, -0.05) is 0 Å². The van der Waals surface area contributed by atoms with Crippen LogP contribution in [0.1, 0.15) is 26.5 Å². The number of aromatic nitrogens is 2. The lowest BCUT2D eigenvalue weighted by atomic mass is 10.1. The minimum Gasteiger partial charge on any atom is -0.458 e. The molecule has 0 aliphatic carbocycles. The Morgan fingerprint density at radius 2 is 2.17 bits per heavy atom. The van der Waals surface area contributed by atoms with E-state index in [1.807, 2.05) is 6.92 Å². The van der Waals surface area contributed by atoms with Crippen molar-refractivity contribution in [1.29, 1.82) is 0 Å². The molecule has 1 fully saturated rings. The molecule has 8 nitrogen and oxygen atoms in total. The average Bonchev–Trinajstić information content (AvgIpc) is 2.76. The van der Waals surface area contributed by atoms with Crippen LogP contribution in [0, 0.1) is 6.92 Å². The van der Waals surface area contributed by atoms with E-state index in [1.54, 1.807) is 38.6 Å². The normalized spacial score (nSPS) is 20.5. The Morgan fingerprint density at radius 3 is 2.70 bits per heavy atom. The van der Waals surface area contributed by atoms with E-state index in [0.29, 0.717) is 12.4 Å². The summed E-state index contributed by atoms with van der Waals surface area (Å²) in [4.78, 5) is 25.9. The number of carbonyl (C=O) groups excluding carboxylic acids is 2. The number of carbonyl (C=O) groups is 2. The van der Waals surface area contributed by atoms with E-state index in [2.05, 4.69) is 5.10 Å². The zero-order valence-electron chi connectivity index (χ0n) is 14.1. The predicted octanol–water partition coefficient (Wildman–Crippen LogP) is 0.163. The monoisotopic (exact) mass is 325 g/mol. The third-order valence-electron chi connectivity index (χ3n) is 3.43. The maximum absolute atomic E-state index is 12.5. The molecule has 1 aromatic rings. The highest BCUT2D eigenvalue weighted by Crippen LogP contribution is 2.21. The first kappa shape index (κ1) is 17.4. The summed E-state index contributed by atoms with van der Waals surface area (Å²) in [6.45, 7) is 7.44. The fourth-order valence-corrected chi connectivity index (χ4v) is 2.22. The summed E-state index contributed by atoms with van der Waals surface area (Å²) < 4.78 is 12.1. The lowest BCUT2D eigenvalue weighted by Gasteiger charge is -2.33. The number of aliphatic hydroxyl groups is 1. The number of aliphatic hydroxyl groups excluding tert-OH is 1. The van der Waals surface area contributed by atoms with Crippen LogP contribution in [-0.2, 0) is 26.1 Å². The number of hydrogen-bond donors (Lipinski definition) is 1. The summed E-state index contributed by atoms with van der Waals surface area (Å²) in [5.41, 5.74) is 0.136. The lowest BCUT2D eigenvalue weighted by molar-refractivity contribution is -0.177. The van der Waals surface area contributed by atoms with E-state index < -0.39 is 29.7 Å². The van der Waals surface area contributed by atoms with E-state index in [9.17, 15) is 14.7 Å². The van der Waals surface area contributed by atoms with Gasteiger partial charge in [0.2, 0.25) is 0 Å². The number of hydrogen-bond acceptors (Lipinski definition) is 6. The van der Waals surface area contributed by atoms with Gasteiger partial charge < -0.3 is 14.6 Å². The Labute approximate surface area is 135 Å². The summed E-state index contributed by atoms with van der Waals surface area (Å²) in [6.07, 6.45) is -2.96. The molecular formula is C15H23N3O5. The van der Waals surface area contributed by atoms with Crippen molar-refractivity contribution in [3.63, 3.8) is 0 Å². The smallest absolute Gasteiger partial charge is 0.338 e. The van der Waals surface area contributed by atoms with Crippen molar-refractivity contribution in [3.05, 3.63) is 11.8 Å². The zero-order chi connectivity index (χ0) is 17.4. The fraction of sp³-hybridized carbons (Fsp3) is 0.667. The van der Waals surface area contributed by atoms with E-state index in [4.69, 9.17) is 9.47 Å². The Morgan fingerprint density at radius 1 is 1.52 bits per heavy atom. The highest BCUT2D eigenvalue weighted by atomic mass is 16.6. The molecular weight excluding hydrogens is 302 g/mol. The molecule has 1 saturated heterocycles. The zero-order valence-corrected chi connectivity index (χ0v) is 14.1. The largest absolute Gasteiger partial charge is 0.458 e. The van der Waals surface area contributed by atoms with Crippen LogP contribution in [-0.4, -0.2) is 57.7 Å². The molecule has 1 N–H and O–H groups in total. The number of nitrogens with zero attached hydrogens (tertiary/aromatic N) is 3. The van der Waals surface area contributed by atoms with Crippen LogP contribution in [0.2, 0.25) is 0 Å². The summed E-state index contributed by atoms with van der Waals surface area (Å²) in [5, 5.41) is 14.4. The number of rotatable bonds is 3. The molecule has 0 spiro atoms. The van der Waals surface area contributed by atoms with Crippen LogP contribution >= 0.6 is 0 Å². The Balaban J connectivity index is 2.14. The van der Waals surface area contributed by atoms with Crippen molar-refractivity contribution >= 4 is 17.7 Å². The molecule has 1 aliphatic heterocycles. The maximum Gasteiger partial charge on any atom is 0.338 e. The number of ether oxygens (including phenoxy) is 2. The minimum absolute atomic E-state index is 0.200. The number of amides is 1. The minimum atomic E-state index is -1.67. The topological polar surface area (TPSA) is 93.9 Å². The van der Waals surface area contributed by atoms with Gasteiger partial charge in [0.15, 0.2) is 18.0 Å². The van der Waals surface area contributed by atoms with Gasteiger partial charge in [0.25, 0.3) is 5.91 Å². The first-order chi connectivity index (χ1) is 10.6. The highest BCUT2D eigenvalue weighted by Gasteiger charge is 2.41. The van der Waals surface area contributed by atoms with Crippen LogP contribution in [0.15, 0.2) is 6.07 Å². The fourth-order valence-electron chi connectivity index (χ4n) is 2.22.